The molecule has 0 fully saturated rings. The lowest BCUT2D eigenvalue weighted by molar-refractivity contribution is -0.127. The third-order valence-electron chi connectivity index (χ3n) is 4.06. The molecule has 2 aliphatic carbocycles. The quantitative estimate of drug-likeness (QED) is 0.599. The second-order valence-corrected chi connectivity index (χ2v) is 5.23. The Morgan fingerprint density at radius 3 is 2.79 bits per heavy atom. The van der Waals surface area contributed by atoms with Crippen LogP contribution in [0.25, 0.3) is 0 Å². The minimum absolute atomic E-state index is 0.177. The van der Waals surface area contributed by atoms with Gasteiger partial charge in [-0.25, -0.2) is 0 Å². The van der Waals surface area contributed by atoms with Gasteiger partial charge in [0.2, 0.25) is 0 Å². The summed E-state index contributed by atoms with van der Waals surface area (Å²) >= 11 is 0. The van der Waals surface area contributed by atoms with Crippen LogP contribution < -0.4 is 0 Å². The lowest BCUT2D eigenvalue weighted by Crippen LogP contribution is -2.34. The van der Waals surface area contributed by atoms with Crippen molar-refractivity contribution in [3.63, 3.8) is 0 Å². The molecule has 2 bridgehead atoms. The normalized spacial score (nSPS) is 47.6. The lowest BCUT2D eigenvalue weighted by atomic mass is 9.74. The monoisotopic (exact) mass is 194 g/mol. The van der Waals surface area contributed by atoms with Gasteiger partial charge in [0.05, 0.1) is 6.10 Å². The van der Waals surface area contributed by atoms with E-state index < -0.39 is 0 Å². The summed E-state index contributed by atoms with van der Waals surface area (Å²) in [6.45, 7) is 4.05. The van der Waals surface area contributed by atoms with Crippen LogP contribution in [0.5, 0.6) is 0 Å². The summed E-state index contributed by atoms with van der Waals surface area (Å²) in [4.78, 5) is 11.9. The van der Waals surface area contributed by atoms with Gasteiger partial charge in [-0.2, -0.15) is 0 Å². The maximum Gasteiger partial charge on any atom is 0.142 e. The van der Waals surface area contributed by atoms with Crippen molar-refractivity contribution in [2.75, 3.05) is 0 Å². The molecule has 0 spiro atoms. The fraction of sp³-hybridized carbons (Fsp3) is 0.750. The number of carbonyl (C=O) groups is 1. The van der Waals surface area contributed by atoms with Crippen molar-refractivity contribution >= 4 is 5.78 Å². The van der Waals surface area contributed by atoms with Gasteiger partial charge in [-0.1, -0.05) is 19.1 Å². The summed E-state index contributed by atoms with van der Waals surface area (Å²) in [6, 6.07) is 0. The van der Waals surface area contributed by atoms with Crippen LogP contribution in [0, 0.1) is 10.8 Å². The summed E-state index contributed by atoms with van der Waals surface area (Å²) < 4.78 is 0. The van der Waals surface area contributed by atoms with E-state index >= 15 is 0 Å². The highest BCUT2D eigenvalue weighted by molar-refractivity contribution is 5.87. The van der Waals surface area contributed by atoms with Crippen molar-refractivity contribution in [2.45, 2.75) is 45.6 Å². The Hall–Kier alpha value is -0.630. The Labute approximate surface area is 85.0 Å². The van der Waals surface area contributed by atoms with Crippen LogP contribution in [-0.2, 0) is 4.79 Å². The van der Waals surface area contributed by atoms with E-state index in [-0.39, 0.29) is 16.9 Å². The standard InChI is InChI=1S/C12H18O2/c1-11-5-3-10(14)12(2,8-7-11)6-4-9(11)13/h7-9,13H,3-6H2,1-2H3. The zero-order valence-corrected chi connectivity index (χ0v) is 8.92. The van der Waals surface area contributed by atoms with E-state index in [9.17, 15) is 9.90 Å². The molecule has 0 aromatic carbocycles. The van der Waals surface area contributed by atoms with Crippen LogP contribution in [-0.4, -0.2) is 17.0 Å². The number of ketones is 1. The molecule has 2 rings (SSSR count). The molecule has 0 aromatic heterocycles. The van der Waals surface area contributed by atoms with Crippen molar-refractivity contribution in [2.24, 2.45) is 10.8 Å². The van der Waals surface area contributed by atoms with Gasteiger partial charge >= 0.3 is 0 Å². The largest absolute Gasteiger partial charge is 0.392 e. The van der Waals surface area contributed by atoms with E-state index in [4.69, 9.17) is 0 Å². The first-order valence-corrected chi connectivity index (χ1v) is 5.38. The van der Waals surface area contributed by atoms with Crippen molar-refractivity contribution < 1.29 is 9.90 Å². The fourth-order valence-electron chi connectivity index (χ4n) is 2.49. The topological polar surface area (TPSA) is 37.3 Å². The summed E-state index contributed by atoms with van der Waals surface area (Å²) in [5, 5.41) is 10.00. The molecule has 0 aliphatic heterocycles. The molecule has 0 saturated carbocycles. The lowest BCUT2D eigenvalue weighted by Gasteiger charge is -2.33. The molecule has 1 N–H and O–H groups in total. The Morgan fingerprint density at radius 1 is 1.36 bits per heavy atom. The number of rotatable bonds is 0. The van der Waals surface area contributed by atoms with Crippen LogP contribution >= 0.6 is 0 Å². The molecule has 0 amide bonds. The molecular formula is C12H18O2. The molecule has 3 atom stereocenters. The second kappa shape index (κ2) is 2.93. The average Bonchev–Trinajstić information content (AvgIpc) is 2.34. The van der Waals surface area contributed by atoms with Gasteiger partial charge in [0.15, 0.2) is 0 Å². The predicted molar refractivity (Wildman–Crippen MR) is 54.8 cm³/mol. The van der Waals surface area contributed by atoms with E-state index in [1.54, 1.807) is 0 Å². The first kappa shape index (κ1) is 9.91. The van der Waals surface area contributed by atoms with E-state index in [2.05, 4.69) is 13.0 Å². The summed E-state index contributed by atoms with van der Waals surface area (Å²) in [6.07, 6.45) is 6.74. The Balaban J connectivity index is 2.41. The highest BCUT2D eigenvalue weighted by Gasteiger charge is 2.43. The van der Waals surface area contributed by atoms with Gasteiger partial charge in [0.1, 0.15) is 5.78 Å². The number of aliphatic hydroxyl groups is 1. The predicted octanol–water partition coefficient (Wildman–Crippen LogP) is 2.07. The van der Waals surface area contributed by atoms with E-state index in [1.807, 2.05) is 13.0 Å². The Bertz CT molecular complexity index is 295. The number of carbonyl (C=O) groups excluding carboxylic acids is 1. The molecular weight excluding hydrogens is 176 g/mol. The number of hydrogen-bond acceptors (Lipinski definition) is 2. The van der Waals surface area contributed by atoms with Gasteiger partial charge in [0.25, 0.3) is 0 Å². The molecule has 0 saturated heterocycles. The number of aliphatic hydroxyl groups excluding tert-OH is 1. The molecule has 14 heavy (non-hydrogen) atoms. The smallest absolute Gasteiger partial charge is 0.142 e. The summed E-state index contributed by atoms with van der Waals surface area (Å²) in [7, 11) is 0. The van der Waals surface area contributed by atoms with E-state index in [0.717, 1.165) is 19.3 Å². The van der Waals surface area contributed by atoms with Crippen LogP contribution in [0.4, 0.5) is 0 Å². The van der Waals surface area contributed by atoms with Crippen LogP contribution in [0.3, 0.4) is 0 Å². The molecule has 2 aliphatic rings. The fourth-order valence-corrected chi connectivity index (χ4v) is 2.49. The zero-order chi connectivity index (χ0) is 10.4. The average molecular weight is 194 g/mol. The molecule has 0 radical (unpaired) electrons. The maximum atomic E-state index is 11.9. The van der Waals surface area contributed by atoms with Crippen LogP contribution in [0.2, 0.25) is 0 Å². The second-order valence-electron chi connectivity index (χ2n) is 5.23. The number of fused-ring (bicyclic) bond motifs is 2. The Morgan fingerprint density at radius 2 is 2.07 bits per heavy atom. The van der Waals surface area contributed by atoms with Crippen molar-refractivity contribution in [1.82, 2.24) is 0 Å². The first-order valence-electron chi connectivity index (χ1n) is 5.38. The maximum absolute atomic E-state index is 11.9. The third kappa shape index (κ3) is 1.33. The van der Waals surface area contributed by atoms with Gasteiger partial charge in [-0.3, -0.25) is 4.79 Å². The highest BCUT2D eigenvalue weighted by atomic mass is 16.3. The van der Waals surface area contributed by atoms with Crippen molar-refractivity contribution in [1.29, 1.82) is 0 Å². The summed E-state index contributed by atoms with van der Waals surface area (Å²) in [5.41, 5.74) is -0.487. The van der Waals surface area contributed by atoms with E-state index in [0.29, 0.717) is 12.2 Å². The van der Waals surface area contributed by atoms with Crippen LogP contribution in [0.15, 0.2) is 12.2 Å². The molecule has 0 aromatic rings. The molecule has 2 nitrogen and oxygen atoms in total. The first-order chi connectivity index (χ1) is 6.46. The van der Waals surface area contributed by atoms with Gasteiger partial charge in [-0.05, 0) is 26.2 Å². The minimum Gasteiger partial charge on any atom is -0.392 e. The van der Waals surface area contributed by atoms with Gasteiger partial charge < -0.3 is 5.11 Å². The van der Waals surface area contributed by atoms with Crippen molar-refractivity contribution in [3.8, 4) is 0 Å². The van der Waals surface area contributed by atoms with Gasteiger partial charge in [0, 0.05) is 17.3 Å². The molecule has 0 heterocycles. The number of Topliss-reactive ketones (excluding diaryl/α,β-unsaturated/α-hetero) is 1. The molecule has 2 heteroatoms. The molecule has 78 valence electrons. The third-order valence-corrected chi connectivity index (χ3v) is 4.06. The van der Waals surface area contributed by atoms with Gasteiger partial charge in [-0.15, -0.1) is 0 Å². The highest BCUT2D eigenvalue weighted by Crippen LogP contribution is 2.45. The van der Waals surface area contributed by atoms with Crippen LogP contribution in [0.1, 0.15) is 39.5 Å². The number of hydrogen-bond donors (Lipinski definition) is 1. The number of allylic oxidation sites excluding steroid dienone is 1. The minimum atomic E-state index is -0.310. The van der Waals surface area contributed by atoms with Crippen molar-refractivity contribution in [3.05, 3.63) is 12.2 Å². The van der Waals surface area contributed by atoms with E-state index in [1.165, 1.54) is 0 Å². The summed E-state index contributed by atoms with van der Waals surface area (Å²) in [5.74, 6) is 0.337. The Kier molecular flexibility index (Phi) is 2.07. The SMILES string of the molecule is CC12C=CC(C)(CCC1=O)C(O)CC2. The zero-order valence-electron chi connectivity index (χ0n) is 8.92. The molecule has 3 unspecified atom stereocenters.